The average molecular weight is 252 g/mol. The Morgan fingerprint density at radius 1 is 1.20 bits per heavy atom. The molecule has 0 unspecified atom stereocenters. The molecule has 2 aliphatic carbocycles. The van der Waals surface area contributed by atoms with Crippen LogP contribution in [0.2, 0.25) is 19.6 Å². The number of allylic oxidation sites excluding steroid dienone is 8. The van der Waals surface area contributed by atoms with Gasteiger partial charge in [0.1, 0.15) is 0 Å². The Bertz CT molecular complexity index is 387. The normalized spacial score (nSPS) is 20.1. The smallest absolute Gasteiger partial charge is 1.00 e. The summed E-state index contributed by atoms with van der Waals surface area (Å²) in [5.74, 6) is 0. The zero-order chi connectivity index (χ0) is 10.9. The zero-order valence-corrected chi connectivity index (χ0v) is 12.4. The van der Waals surface area contributed by atoms with Crippen LogP contribution in [0.1, 0.15) is 15.7 Å². The van der Waals surface area contributed by atoms with Crippen molar-refractivity contribution in [3.05, 3.63) is 43.3 Å². The summed E-state index contributed by atoms with van der Waals surface area (Å²) in [6, 6.07) is 0. The van der Waals surface area contributed by atoms with Crippen LogP contribution in [0, 0.1) is 0 Å². The molecule has 2 aliphatic rings. The molecule has 0 atom stereocenters. The SMILES string of the molecule is C[Si](C)(C)C1=[C]([Ti][C]2=CC=CC2)CC=C1.[H-].[H-]. The van der Waals surface area contributed by atoms with Crippen LogP contribution in [-0.4, -0.2) is 8.07 Å². The maximum Gasteiger partial charge on any atom is -1.00 e. The van der Waals surface area contributed by atoms with Crippen molar-refractivity contribution >= 4 is 8.07 Å². The predicted octanol–water partition coefficient (Wildman–Crippen LogP) is 4.23. The molecule has 0 saturated carbocycles. The molecule has 0 amide bonds. The molecule has 15 heavy (non-hydrogen) atoms. The number of hydrogen-bond donors (Lipinski definition) is 0. The van der Waals surface area contributed by atoms with E-state index in [1.54, 1.807) is 9.07 Å². The van der Waals surface area contributed by atoms with E-state index in [0.717, 1.165) is 0 Å². The fraction of sp³-hybridized carbons (Fsp3) is 0.385. The number of rotatable bonds is 3. The molecule has 0 nitrogen and oxygen atoms in total. The molecule has 0 saturated heterocycles. The zero-order valence-electron chi connectivity index (χ0n) is 11.8. The van der Waals surface area contributed by atoms with Gasteiger partial charge in [-0.25, -0.2) is 0 Å². The van der Waals surface area contributed by atoms with E-state index in [2.05, 4.69) is 50.0 Å². The van der Waals surface area contributed by atoms with Crippen LogP contribution in [0.5, 0.6) is 0 Å². The molecule has 0 N–H and O–H groups in total. The van der Waals surface area contributed by atoms with E-state index in [-0.39, 0.29) is 22.0 Å². The molecule has 0 aromatic heterocycles. The van der Waals surface area contributed by atoms with Gasteiger partial charge in [-0.1, -0.05) is 0 Å². The van der Waals surface area contributed by atoms with E-state index >= 15 is 0 Å². The van der Waals surface area contributed by atoms with Crippen LogP contribution >= 0.6 is 0 Å². The van der Waals surface area contributed by atoms with Crippen LogP contribution in [-0.2, 0) is 19.2 Å². The minimum Gasteiger partial charge on any atom is -1.00 e. The fourth-order valence-electron chi connectivity index (χ4n) is 2.06. The maximum absolute atomic E-state index is 2.46. The molecule has 0 bridgehead atoms. The molecule has 82 valence electrons. The Labute approximate surface area is 106 Å². The summed E-state index contributed by atoms with van der Waals surface area (Å²) in [4.78, 5) is 0. The minimum atomic E-state index is -1.08. The maximum atomic E-state index is 2.46. The Kier molecular flexibility index (Phi) is 3.34. The molecule has 2 rings (SSSR count). The van der Waals surface area contributed by atoms with Gasteiger partial charge in [-0.2, -0.15) is 0 Å². The first kappa shape index (κ1) is 11.4. The monoisotopic (exact) mass is 252 g/mol. The second-order valence-electron chi connectivity index (χ2n) is 5.20. The van der Waals surface area contributed by atoms with E-state index in [1.165, 1.54) is 12.8 Å². The van der Waals surface area contributed by atoms with Gasteiger partial charge in [0, 0.05) is 0 Å². The molecule has 0 aromatic rings. The van der Waals surface area contributed by atoms with Gasteiger partial charge >= 0.3 is 103 Å². The van der Waals surface area contributed by atoms with Crippen molar-refractivity contribution in [3.63, 3.8) is 0 Å². The van der Waals surface area contributed by atoms with E-state index in [1.807, 2.05) is 3.88 Å². The summed E-state index contributed by atoms with van der Waals surface area (Å²) in [5.41, 5.74) is 0. The third kappa shape index (κ3) is 2.72. The van der Waals surface area contributed by atoms with Crippen molar-refractivity contribution in [2.45, 2.75) is 32.5 Å². The molecule has 0 fully saturated rings. The molecule has 0 aliphatic heterocycles. The summed E-state index contributed by atoms with van der Waals surface area (Å²) >= 11 is 0.0195. The van der Waals surface area contributed by atoms with Gasteiger partial charge in [0.2, 0.25) is 0 Å². The van der Waals surface area contributed by atoms with Crippen LogP contribution in [0.4, 0.5) is 0 Å². The quantitative estimate of drug-likeness (QED) is 0.659. The summed E-state index contributed by atoms with van der Waals surface area (Å²) in [7, 11) is -1.08. The molecular weight excluding hydrogens is 232 g/mol. The van der Waals surface area contributed by atoms with Crippen LogP contribution in [0.3, 0.4) is 0 Å². The van der Waals surface area contributed by atoms with Gasteiger partial charge < -0.3 is 2.85 Å². The molecular formula is C13H20SiTi-2. The third-order valence-corrected chi connectivity index (χ3v) is 7.59. The molecule has 0 heterocycles. The van der Waals surface area contributed by atoms with Crippen molar-refractivity contribution in [2.75, 3.05) is 0 Å². The molecule has 2 heteroatoms. The Morgan fingerprint density at radius 3 is 2.60 bits per heavy atom. The first-order valence-corrected chi connectivity index (χ1v) is 10.7. The fourth-order valence-corrected chi connectivity index (χ4v) is 7.61. The second kappa shape index (κ2) is 4.41. The predicted molar refractivity (Wildman–Crippen MR) is 68.2 cm³/mol. The van der Waals surface area contributed by atoms with Gasteiger partial charge in [-0.05, 0) is 0 Å². The van der Waals surface area contributed by atoms with Crippen LogP contribution in [0.25, 0.3) is 0 Å². The summed E-state index contributed by atoms with van der Waals surface area (Å²) < 4.78 is 3.52. The van der Waals surface area contributed by atoms with Gasteiger partial charge in [-0.3, -0.25) is 0 Å². The number of hydrogen-bond acceptors (Lipinski definition) is 0. The largest absolute Gasteiger partial charge is 1.00 e. The second-order valence-corrected chi connectivity index (χ2v) is 12.6. The van der Waals surface area contributed by atoms with Crippen molar-refractivity contribution in [1.29, 1.82) is 0 Å². The summed E-state index contributed by atoms with van der Waals surface area (Å²) in [6.45, 7) is 7.39. The van der Waals surface area contributed by atoms with Crippen molar-refractivity contribution in [2.24, 2.45) is 0 Å². The van der Waals surface area contributed by atoms with Crippen molar-refractivity contribution in [1.82, 2.24) is 0 Å². The molecule has 0 radical (unpaired) electrons. The van der Waals surface area contributed by atoms with Gasteiger partial charge in [-0.15, -0.1) is 0 Å². The topological polar surface area (TPSA) is 0 Å². The third-order valence-electron chi connectivity index (χ3n) is 2.82. The van der Waals surface area contributed by atoms with Gasteiger partial charge in [0.25, 0.3) is 0 Å². The van der Waals surface area contributed by atoms with E-state index < -0.39 is 8.07 Å². The minimum absolute atomic E-state index is 0. The van der Waals surface area contributed by atoms with Gasteiger partial charge in [0.05, 0.1) is 0 Å². The first-order chi connectivity index (χ1) is 7.07. The average Bonchev–Trinajstić information content (AvgIpc) is 2.73. The van der Waals surface area contributed by atoms with Crippen molar-refractivity contribution in [3.8, 4) is 0 Å². The Morgan fingerprint density at radius 2 is 2.00 bits per heavy atom. The Balaban J connectivity index is 0.00000128. The molecule has 0 aromatic carbocycles. The van der Waals surface area contributed by atoms with Gasteiger partial charge in [0.15, 0.2) is 0 Å². The van der Waals surface area contributed by atoms with Crippen LogP contribution in [0.15, 0.2) is 43.3 Å². The van der Waals surface area contributed by atoms with E-state index in [9.17, 15) is 0 Å². The Hall–Kier alpha value is -0.109. The standard InChI is InChI=1S/C8H13Si.C5H5.Ti.2H/c1-9(2,3)8-6-4-5-7-8;1-2-4-5-3-1;;;/h4,6H,5H2,1-3H3;1-3H,4H2;;;/q;;;2*-1. The van der Waals surface area contributed by atoms with E-state index in [4.69, 9.17) is 0 Å². The summed E-state index contributed by atoms with van der Waals surface area (Å²) in [6.07, 6.45) is 14.1. The van der Waals surface area contributed by atoms with E-state index in [0.29, 0.717) is 0 Å². The van der Waals surface area contributed by atoms with Crippen LogP contribution < -0.4 is 0 Å². The van der Waals surface area contributed by atoms with Crippen molar-refractivity contribution < 1.29 is 22.0 Å². The summed E-state index contributed by atoms with van der Waals surface area (Å²) in [5, 5.41) is 1.75. The molecule has 0 spiro atoms. The first-order valence-electron chi connectivity index (χ1n) is 5.60.